The van der Waals surface area contributed by atoms with E-state index in [4.69, 9.17) is 5.73 Å². The van der Waals surface area contributed by atoms with Crippen molar-refractivity contribution in [3.63, 3.8) is 0 Å². The Balaban J connectivity index is 1.18. The molecule has 1 saturated heterocycles. The molecule has 1 unspecified atom stereocenters. The quantitative estimate of drug-likeness (QED) is 0.358. The van der Waals surface area contributed by atoms with E-state index < -0.39 is 0 Å². The minimum Gasteiger partial charge on any atom is -0.368 e. The van der Waals surface area contributed by atoms with Gasteiger partial charge in [0.1, 0.15) is 10.5 Å². The van der Waals surface area contributed by atoms with Crippen molar-refractivity contribution < 1.29 is 4.79 Å². The maximum atomic E-state index is 13.1. The predicted octanol–water partition coefficient (Wildman–Crippen LogP) is 2.91. The van der Waals surface area contributed by atoms with Gasteiger partial charge < -0.3 is 15.6 Å². The molecule has 0 radical (unpaired) electrons. The number of nitrogens with zero attached hydrogens (tertiary/aromatic N) is 5. The molecule has 1 atom stereocenters. The lowest BCUT2D eigenvalue weighted by Crippen LogP contribution is -2.50. The van der Waals surface area contributed by atoms with Crippen LogP contribution in [0.15, 0.2) is 53.8 Å². The Bertz CT molecular complexity index is 1270. The van der Waals surface area contributed by atoms with E-state index in [9.17, 15) is 4.79 Å². The maximum Gasteiger partial charge on any atom is 0.235 e. The minimum absolute atomic E-state index is 0.116. The van der Waals surface area contributed by atoms with E-state index in [2.05, 4.69) is 67.3 Å². The van der Waals surface area contributed by atoms with Crippen molar-refractivity contribution in [3.8, 4) is 0 Å². The van der Waals surface area contributed by atoms with Crippen molar-refractivity contribution in [1.29, 1.82) is 0 Å². The van der Waals surface area contributed by atoms with Gasteiger partial charge in [-0.15, -0.1) is 0 Å². The van der Waals surface area contributed by atoms with Crippen LogP contribution in [0, 0.1) is 0 Å². The van der Waals surface area contributed by atoms with Crippen LogP contribution in [0.2, 0.25) is 0 Å². The number of thioether (sulfide) groups is 1. The second-order valence-corrected chi connectivity index (χ2v) is 9.36. The number of imidazole rings is 1. The molecule has 1 amide bonds. The first-order valence-electron chi connectivity index (χ1n) is 10.7. The molecule has 2 aromatic heterocycles. The van der Waals surface area contributed by atoms with Crippen LogP contribution in [0.4, 0.5) is 5.95 Å². The molecular weight excluding hydrogens is 422 g/mol. The topological polar surface area (TPSA) is 104 Å². The molecule has 0 aliphatic carbocycles. The van der Waals surface area contributed by atoms with Crippen LogP contribution in [0.1, 0.15) is 12.5 Å². The summed E-state index contributed by atoms with van der Waals surface area (Å²) in [4.78, 5) is 33.0. The average molecular weight is 448 g/mol. The summed E-state index contributed by atoms with van der Waals surface area (Å²) in [6.45, 7) is 5.98. The molecule has 0 bridgehead atoms. The Morgan fingerprint density at radius 2 is 1.91 bits per heavy atom. The van der Waals surface area contributed by atoms with Crippen molar-refractivity contribution in [1.82, 2.24) is 29.7 Å². The number of hydrogen-bond donors (Lipinski definition) is 2. The Kier molecular flexibility index (Phi) is 5.67. The van der Waals surface area contributed by atoms with Gasteiger partial charge in [0.15, 0.2) is 5.65 Å². The van der Waals surface area contributed by atoms with Crippen LogP contribution >= 0.6 is 11.8 Å². The molecule has 8 nitrogen and oxygen atoms in total. The smallest absolute Gasteiger partial charge is 0.235 e. The van der Waals surface area contributed by atoms with Gasteiger partial charge in [-0.3, -0.25) is 9.69 Å². The molecule has 2 aromatic carbocycles. The molecule has 0 saturated carbocycles. The third-order valence-electron chi connectivity index (χ3n) is 5.81. The number of aromatic nitrogens is 4. The first kappa shape index (κ1) is 20.7. The van der Waals surface area contributed by atoms with E-state index in [1.807, 2.05) is 11.8 Å². The van der Waals surface area contributed by atoms with Crippen LogP contribution < -0.4 is 5.73 Å². The molecule has 1 fully saturated rings. The van der Waals surface area contributed by atoms with Crippen LogP contribution in [0.3, 0.4) is 0 Å². The molecule has 1 aliphatic heterocycles. The summed E-state index contributed by atoms with van der Waals surface area (Å²) in [5.41, 5.74) is 8.33. The average Bonchev–Trinajstić information content (AvgIpc) is 3.27. The monoisotopic (exact) mass is 447 g/mol. The van der Waals surface area contributed by atoms with Crippen molar-refractivity contribution in [2.75, 3.05) is 31.9 Å². The second kappa shape index (κ2) is 8.76. The number of carbonyl (C=O) groups is 1. The lowest BCUT2D eigenvalue weighted by atomic mass is 10.1. The SMILES string of the molecule is CC(Sc1nc(N)nc2nc[nH]c12)C(=O)N1CCN(Cc2ccc3ccccc3c2)CC1. The van der Waals surface area contributed by atoms with Gasteiger partial charge in [0.05, 0.1) is 11.6 Å². The minimum atomic E-state index is -0.275. The number of H-pyrrole nitrogens is 1. The number of nitrogen functional groups attached to an aromatic ring is 1. The molecule has 3 N–H and O–H groups in total. The third-order valence-corrected chi connectivity index (χ3v) is 6.88. The van der Waals surface area contributed by atoms with Gasteiger partial charge in [0, 0.05) is 32.7 Å². The highest BCUT2D eigenvalue weighted by Gasteiger charge is 2.26. The fraction of sp³-hybridized carbons (Fsp3) is 0.304. The zero-order chi connectivity index (χ0) is 22.1. The number of amides is 1. The van der Waals surface area contributed by atoms with E-state index in [0.717, 1.165) is 32.7 Å². The molecular formula is C23H25N7OS. The van der Waals surface area contributed by atoms with Gasteiger partial charge >= 0.3 is 0 Å². The Morgan fingerprint density at radius 3 is 2.72 bits per heavy atom. The number of nitrogens with two attached hydrogens (primary N) is 1. The van der Waals surface area contributed by atoms with E-state index in [-0.39, 0.29) is 17.1 Å². The number of carbonyl (C=O) groups excluding carboxylic acids is 1. The zero-order valence-corrected chi connectivity index (χ0v) is 18.7. The molecule has 1 aliphatic rings. The number of fused-ring (bicyclic) bond motifs is 2. The number of piperazine rings is 1. The van der Waals surface area contributed by atoms with Crippen LogP contribution in [-0.4, -0.2) is 67.1 Å². The molecule has 164 valence electrons. The van der Waals surface area contributed by atoms with Gasteiger partial charge in [-0.25, -0.2) is 9.97 Å². The summed E-state index contributed by atoms with van der Waals surface area (Å²) >= 11 is 1.39. The Hall–Kier alpha value is -3.17. The third kappa shape index (κ3) is 4.26. The summed E-state index contributed by atoms with van der Waals surface area (Å²) in [5, 5.41) is 2.90. The largest absolute Gasteiger partial charge is 0.368 e. The van der Waals surface area contributed by atoms with Crippen molar-refractivity contribution >= 4 is 45.6 Å². The number of anilines is 1. The standard InChI is InChI=1S/C23H25N7OS/c1-15(32-21-19-20(26-14-25-19)27-23(24)28-21)22(31)30-10-8-29(9-11-30)13-16-6-7-17-4-2-3-5-18(17)12-16/h2-7,12,14-15H,8-11,13H2,1H3,(H3,24,25,26,27,28). The number of benzene rings is 2. The molecule has 4 aromatic rings. The zero-order valence-electron chi connectivity index (χ0n) is 17.9. The van der Waals surface area contributed by atoms with Gasteiger partial charge in [0.2, 0.25) is 11.9 Å². The van der Waals surface area contributed by atoms with Gasteiger partial charge in [-0.2, -0.15) is 4.98 Å². The first-order valence-corrected chi connectivity index (χ1v) is 11.6. The highest BCUT2D eigenvalue weighted by molar-refractivity contribution is 8.00. The van der Waals surface area contributed by atoms with Crippen LogP contribution in [-0.2, 0) is 11.3 Å². The number of nitrogens with one attached hydrogen (secondary N) is 1. The first-order chi connectivity index (χ1) is 15.6. The van der Waals surface area contributed by atoms with E-state index >= 15 is 0 Å². The molecule has 32 heavy (non-hydrogen) atoms. The van der Waals surface area contributed by atoms with E-state index in [1.54, 1.807) is 6.33 Å². The maximum absolute atomic E-state index is 13.1. The lowest BCUT2D eigenvalue weighted by molar-refractivity contribution is -0.132. The van der Waals surface area contributed by atoms with Crippen LogP contribution in [0.25, 0.3) is 21.9 Å². The summed E-state index contributed by atoms with van der Waals surface area (Å²) < 4.78 is 0. The number of aromatic amines is 1. The number of hydrogen-bond acceptors (Lipinski definition) is 7. The van der Waals surface area contributed by atoms with E-state index in [1.165, 1.54) is 28.1 Å². The van der Waals surface area contributed by atoms with Gasteiger partial charge in [-0.05, 0) is 29.3 Å². The second-order valence-electron chi connectivity index (χ2n) is 8.03. The molecule has 3 heterocycles. The van der Waals surface area contributed by atoms with Crippen molar-refractivity contribution in [2.24, 2.45) is 0 Å². The van der Waals surface area contributed by atoms with Crippen molar-refractivity contribution in [2.45, 2.75) is 23.7 Å². The number of rotatable bonds is 5. The molecule has 5 rings (SSSR count). The predicted molar refractivity (Wildman–Crippen MR) is 127 cm³/mol. The molecule has 0 spiro atoms. The highest BCUT2D eigenvalue weighted by Crippen LogP contribution is 2.28. The fourth-order valence-corrected chi connectivity index (χ4v) is 5.10. The van der Waals surface area contributed by atoms with Crippen molar-refractivity contribution in [3.05, 3.63) is 54.4 Å². The molecule has 9 heteroatoms. The van der Waals surface area contributed by atoms with Gasteiger partial charge in [0.25, 0.3) is 0 Å². The van der Waals surface area contributed by atoms with Gasteiger partial charge in [-0.1, -0.05) is 48.2 Å². The summed E-state index contributed by atoms with van der Waals surface area (Å²) in [5.74, 6) is 0.277. The lowest BCUT2D eigenvalue weighted by Gasteiger charge is -2.35. The normalized spacial score (nSPS) is 16.0. The summed E-state index contributed by atoms with van der Waals surface area (Å²) in [6, 6.07) is 15.1. The van der Waals surface area contributed by atoms with Crippen LogP contribution in [0.5, 0.6) is 0 Å². The Labute approximate surface area is 190 Å². The van der Waals surface area contributed by atoms with E-state index in [0.29, 0.717) is 16.2 Å². The summed E-state index contributed by atoms with van der Waals surface area (Å²) in [6.07, 6.45) is 1.56. The Morgan fingerprint density at radius 1 is 1.12 bits per heavy atom. The summed E-state index contributed by atoms with van der Waals surface area (Å²) in [7, 11) is 0. The fourth-order valence-electron chi connectivity index (χ4n) is 4.10. The highest BCUT2D eigenvalue weighted by atomic mass is 32.2.